The van der Waals surface area contributed by atoms with Crippen LogP contribution in [0.15, 0.2) is 16.8 Å². The molecule has 106 valence electrons. The molecule has 0 bridgehead atoms. The second-order valence-electron chi connectivity index (χ2n) is 5.07. The van der Waals surface area contributed by atoms with Crippen molar-refractivity contribution in [3.63, 3.8) is 0 Å². The third-order valence-electron chi connectivity index (χ3n) is 3.72. The Bertz CT molecular complexity index is 385. The van der Waals surface area contributed by atoms with Gasteiger partial charge in [-0.3, -0.25) is 9.69 Å². The van der Waals surface area contributed by atoms with E-state index in [1.54, 1.807) is 11.3 Å². The molecule has 1 unspecified atom stereocenters. The number of thiophene rings is 1. The van der Waals surface area contributed by atoms with Gasteiger partial charge in [-0.15, -0.1) is 0 Å². The van der Waals surface area contributed by atoms with Crippen molar-refractivity contribution in [1.29, 1.82) is 0 Å². The van der Waals surface area contributed by atoms with Gasteiger partial charge in [0.2, 0.25) is 5.91 Å². The van der Waals surface area contributed by atoms with Crippen LogP contribution in [0.1, 0.15) is 24.9 Å². The predicted molar refractivity (Wildman–Crippen MR) is 79.4 cm³/mol. The van der Waals surface area contributed by atoms with Gasteiger partial charge in [0.15, 0.2) is 0 Å². The maximum absolute atomic E-state index is 11.5. The van der Waals surface area contributed by atoms with Gasteiger partial charge in [-0.2, -0.15) is 11.3 Å². The first kappa shape index (κ1) is 14.5. The summed E-state index contributed by atoms with van der Waals surface area (Å²) in [5.41, 5.74) is 1.32. The molecule has 0 saturated carbocycles. The molecule has 2 heterocycles. The lowest BCUT2D eigenvalue weighted by molar-refractivity contribution is -0.121. The molecule has 1 aromatic rings. The molecule has 0 aromatic carbocycles. The molecule has 0 radical (unpaired) electrons. The molecule has 1 atom stereocenters. The van der Waals surface area contributed by atoms with Crippen LogP contribution >= 0.6 is 11.3 Å². The van der Waals surface area contributed by atoms with Crippen LogP contribution in [0.2, 0.25) is 0 Å². The summed E-state index contributed by atoms with van der Waals surface area (Å²) in [6, 6.07) is 2.49. The standard InChI is InChI=1S/C14H23N3OS/c1-3-14(18)15-10-13(12-4-9-19-11-12)17-7-5-16(2)6-8-17/h4,9,11,13H,3,5-8,10H2,1-2H3,(H,15,18). The van der Waals surface area contributed by atoms with E-state index in [0.717, 1.165) is 26.2 Å². The number of hydrogen-bond donors (Lipinski definition) is 1. The van der Waals surface area contributed by atoms with E-state index in [9.17, 15) is 4.79 Å². The average molecular weight is 281 g/mol. The number of likely N-dealkylation sites (N-methyl/N-ethyl adjacent to an activating group) is 1. The van der Waals surface area contributed by atoms with Crippen LogP contribution < -0.4 is 5.32 Å². The molecule has 4 nitrogen and oxygen atoms in total. The molecule has 1 fully saturated rings. The normalized spacial score (nSPS) is 19.3. The third kappa shape index (κ3) is 4.03. The van der Waals surface area contributed by atoms with Crippen LogP contribution in [0, 0.1) is 0 Å². The number of nitrogens with one attached hydrogen (secondary N) is 1. The summed E-state index contributed by atoms with van der Waals surface area (Å²) >= 11 is 1.72. The van der Waals surface area contributed by atoms with Gasteiger partial charge in [0, 0.05) is 39.1 Å². The minimum Gasteiger partial charge on any atom is -0.354 e. The third-order valence-corrected chi connectivity index (χ3v) is 4.42. The van der Waals surface area contributed by atoms with E-state index in [-0.39, 0.29) is 5.91 Å². The fourth-order valence-corrected chi connectivity index (χ4v) is 3.10. The molecular formula is C14H23N3OS. The number of hydrogen-bond acceptors (Lipinski definition) is 4. The summed E-state index contributed by atoms with van der Waals surface area (Å²) in [5, 5.41) is 7.35. The Morgan fingerprint density at radius 1 is 1.42 bits per heavy atom. The highest BCUT2D eigenvalue weighted by Gasteiger charge is 2.24. The Balaban J connectivity index is 2.00. The fraction of sp³-hybridized carbons (Fsp3) is 0.643. The van der Waals surface area contributed by atoms with Crippen LogP contribution in [0.3, 0.4) is 0 Å². The maximum atomic E-state index is 11.5. The lowest BCUT2D eigenvalue weighted by Gasteiger charge is -2.38. The highest BCUT2D eigenvalue weighted by atomic mass is 32.1. The summed E-state index contributed by atoms with van der Waals surface area (Å²) < 4.78 is 0. The first-order valence-corrected chi connectivity index (χ1v) is 7.86. The van der Waals surface area contributed by atoms with Crippen molar-refractivity contribution in [1.82, 2.24) is 15.1 Å². The van der Waals surface area contributed by atoms with Crippen molar-refractivity contribution < 1.29 is 4.79 Å². The zero-order valence-electron chi connectivity index (χ0n) is 11.8. The molecule has 1 aromatic heterocycles. The van der Waals surface area contributed by atoms with E-state index >= 15 is 0 Å². The summed E-state index contributed by atoms with van der Waals surface area (Å²) in [4.78, 5) is 16.3. The minimum absolute atomic E-state index is 0.134. The smallest absolute Gasteiger partial charge is 0.219 e. The van der Waals surface area contributed by atoms with Gasteiger partial charge in [-0.1, -0.05) is 6.92 Å². The zero-order chi connectivity index (χ0) is 13.7. The van der Waals surface area contributed by atoms with Gasteiger partial charge in [0.05, 0.1) is 6.04 Å². The number of piperazine rings is 1. The number of nitrogens with zero attached hydrogens (tertiary/aromatic N) is 2. The Morgan fingerprint density at radius 2 is 2.16 bits per heavy atom. The summed E-state index contributed by atoms with van der Waals surface area (Å²) in [6.07, 6.45) is 0.555. The molecule has 0 spiro atoms. The van der Waals surface area contributed by atoms with Gasteiger partial charge >= 0.3 is 0 Å². The van der Waals surface area contributed by atoms with Crippen LogP contribution in [0.4, 0.5) is 0 Å². The molecule has 1 aliphatic rings. The number of carbonyl (C=O) groups excluding carboxylic acids is 1. The Kier molecular flexibility index (Phi) is 5.36. The molecular weight excluding hydrogens is 258 g/mol. The predicted octanol–water partition coefficient (Wildman–Crippen LogP) is 1.56. The highest BCUT2D eigenvalue weighted by Crippen LogP contribution is 2.23. The lowest BCUT2D eigenvalue weighted by Crippen LogP contribution is -2.48. The molecule has 19 heavy (non-hydrogen) atoms. The number of amides is 1. The van der Waals surface area contributed by atoms with E-state index in [2.05, 4.69) is 39.0 Å². The zero-order valence-corrected chi connectivity index (χ0v) is 12.6. The monoisotopic (exact) mass is 281 g/mol. The molecule has 0 aliphatic carbocycles. The first-order chi connectivity index (χ1) is 9.20. The molecule has 1 amide bonds. The van der Waals surface area contributed by atoms with Gasteiger partial charge in [0.1, 0.15) is 0 Å². The van der Waals surface area contributed by atoms with Crippen LogP contribution in [-0.2, 0) is 4.79 Å². The molecule has 1 aliphatic heterocycles. The Hall–Kier alpha value is -0.910. The van der Waals surface area contributed by atoms with Gasteiger partial charge in [-0.25, -0.2) is 0 Å². The van der Waals surface area contributed by atoms with Crippen molar-refractivity contribution in [2.24, 2.45) is 0 Å². The second kappa shape index (κ2) is 7.03. The highest BCUT2D eigenvalue weighted by molar-refractivity contribution is 7.07. The average Bonchev–Trinajstić information content (AvgIpc) is 2.94. The van der Waals surface area contributed by atoms with Crippen LogP contribution in [0.25, 0.3) is 0 Å². The molecule has 1 saturated heterocycles. The number of carbonyl (C=O) groups is 1. The van der Waals surface area contributed by atoms with Crippen molar-refractivity contribution in [3.05, 3.63) is 22.4 Å². The molecule has 5 heteroatoms. The van der Waals surface area contributed by atoms with E-state index in [1.807, 2.05) is 6.92 Å². The van der Waals surface area contributed by atoms with E-state index in [1.165, 1.54) is 5.56 Å². The van der Waals surface area contributed by atoms with Crippen molar-refractivity contribution in [2.75, 3.05) is 39.8 Å². The van der Waals surface area contributed by atoms with Crippen molar-refractivity contribution in [2.45, 2.75) is 19.4 Å². The minimum atomic E-state index is 0.134. The van der Waals surface area contributed by atoms with Gasteiger partial charge in [0.25, 0.3) is 0 Å². The fourth-order valence-electron chi connectivity index (χ4n) is 2.39. The van der Waals surface area contributed by atoms with Crippen molar-refractivity contribution in [3.8, 4) is 0 Å². The second-order valence-corrected chi connectivity index (χ2v) is 5.85. The van der Waals surface area contributed by atoms with Gasteiger partial charge < -0.3 is 10.2 Å². The van der Waals surface area contributed by atoms with Gasteiger partial charge in [-0.05, 0) is 29.4 Å². The summed E-state index contributed by atoms with van der Waals surface area (Å²) in [7, 11) is 2.16. The molecule has 2 rings (SSSR count). The van der Waals surface area contributed by atoms with E-state index in [0.29, 0.717) is 19.0 Å². The Labute approximate surface area is 119 Å². The molecule has 1 N–H and O–H groups in total. The summed E-state index contributed by atoms with van der Waals surface area (Å²) in [6.45, 7) is 6.95. The quantitative estimate of drug-likeness (QED) is 0.890. The number of rotatable bonds is 5. The van der Waals surface area contributed by atoms with Crippen LogP contribution in [-0.4, -0.2) is 55.5 Å². The summed E-state index contributed by atoms with van der Waals surface area (Å²) in [5.74, 6) is 0.134. The van der Waals surface area contributed by atoms with E-state index < -0.39 is 0 Å². The van der Waals surface area contributed by atoms with Crippen molar-refractivity contribution >= 4 is 17.2 Å². The Morgan fingerprint density at radius 3 is 2.74 bits per heavy atom. The largest absolute Gasteiger partial charge is 0.354 e. The van der Waals surface area contributed by atoms with Crippen LogP contribution in [0.5, 0.6) is 0 Å². The lowest BCUT2D eigenvalue weighted by atomic mass is 10.1. The topological polar surface area (TPSA) is 35.6 Å². The first-order valence-electron chi connectivity index (χ1n) is 6.92. The maximum Gasteiger partial charge on any atom is 0.219 e. The van der Waals surface area contributed by atoms with E-state index in [4.69, 9.17) is 0 Å². The SMILES string of the molecule is CCC(=O)NCC(c1ccsc1)N1CCN(C)CC1.